The smallest absolute Gasteiger partial charge is 0.0991 e. The lowest BCUT2D eigenvalue weighted by molar-refractivity contribution is -0.0835. The van der Waals surface area contributed by atoms with Crippen LogP contribution in [0.15, 0.2) is 24.3 Å². The number of hydrogen-bond donors (Lipinski definition) is 2. The lowest BCUT2D eigenvalue weighted by atomic mass is 9.65. The predicted molar refractivity (Wildman–Crippen MR) is 79.3 cm³/mol. The summed E-state index contributed by atoms with van der Waals surface area (Å²) in [6, 6.07) is 9.81. The lowest BCUT2D eigenvalue weighted by Crippen LogP contribution is -2.56. The first-order valence-corrected chi connectivity index (χ1v) is 7.71. The molecule has 3 heteroatoms. The number of benzene rings is 1. The molecule has 0 aliphatic heterocycles. The molecule has 2 fully saturated rings. The monoisotopic (exact) mass is 270 g/mol. The van der Waals surface area contributed by atoms with Crippen molar-refractivity contribution in [3.8, 4) is 6.07 Å². The first-order chi connectivity index (χ1) is 9.72. The molecule has 20 heavy (non-hydrogen) atoms. The standard InChI is InChI=1S/C17H22N2O/c18-12-13-7-9-15(10-8-13)19-16-6-3-5-14-4-1-2-11-17(14,16)20/h7-10,14,16,19-20H,1-6,11H2/t14-,16?,17-/m1/s1. The molecule has 0 spiro atoms. The third-order valence-electron chi connectivity index (χ3n) is 5.09. The van der Waals surface area contributed by atoms with E-state index in [2.05, 4.69) is 11.4 Å². The molecule has 3 rings (SSSR count). The van der Waals surface area contributed by atoms with Crippen molar-refractivity contribution in [1.29, 1.82) is 5.26 Å². The summed E-state index contributed by atoms with van der Waals surface area (Å²) in [4.78, 5) is 0. The van der Waals surface area contributed by atoms with Gasteiger partial charge in [-0.15, -0.1) is 0 Å². The van der Waals surface area contributed by atoms with E-state index in [-0.39, 0.29) is 6.04 Å². The van der Waals surface area contributed by atoms with Gasteiger partial charge in [0.25, 0.3) is 0 Å². The quantitative estimate of drug-likeness (QED) is 0.865. The number of rotatable bonds is 2. The lowest BCUT2D eigenvalue weighted by Gasteiger charge is -2.49. The van der Waals surface area contributed by atoms with Gasteiger partial charge in [-0.2, -0.15) is 5.26 Å². The number of aliphatic hydroxyl groups is 1. The van der Waals surface area contributed by atoms with Gasteiger partial charge in [0.1, 0.15) is 0 Å². The van der Waals surface area contributed by atoms with Crippen molar-refractivity contribution >= 4 is 5.69 Å². The van der Waals surface area contributed by atoms with Crippen molar-refractivity contribution in [2.45, 2.75) is 56.6 Å². The molecule has 1 aromatic rings. The van der Waals surface area contributed by atoms with E-state index >= 15 is 0 Å². The van der Waals surface area contributed by atoms with Crippen LogP contribution in [-0.4, -0.2) is 16.7 Å². The minimum Gasteiger partial charge on any atom is -0.387 e. The van der Waals surface area contributed by atoms with Crippen LogP contribution in [-0.2, 0) is 0 Å². The second kappa shape index (κ2) is 5.46. The van der Waals surface area contributed by atoms with Crippen LogP contribution in [0.25, 0.3) is 0 Å². The van der Waals surface area contributed by atoms with Gasteiger partial charge in [-0.25, -0.2) is 0 Å². The average molecular weight is 270 g/mol. The number of nitriles is 1. The second-order valence-electron chi connectivity index (χ2n) is 6.25. The van der Waals surface area contributed by atoms with Crippen LogP contribution < -0.4 is 5.32 Å². The van der Waals surface area contributed by atoms with E-state index < -0.39 is 5.60 Å². The summed E-state index contributed by atoms with van der Waals surface area (Å²) in [6.45, 7) is 0. The maximum absolute atomic E-state index is 11.1. The van der Waals surface area contributed by atoms with E-state index in [0.29, 0.717) is 11.5 Å². The Balaban J connectivity index is 1.76. The summed E-state index contributed by atoms with van der Waals surface area (Å²) in [5.41, 5.74) is 1.15. The molecule has 106 valence electrons. The van der Waals surface area contributed by atoms with Gasteiger partial charge in [-0.05, 0) is 55.9 Å². The van der Waals surface area contributed by atoms with Crippen LogP contribution in [0.3, 0.4) is 0 Å². The number of fused-ring (bicyclic) bond motifs is 1. The SMILES string of the molecule is N#Cc1ccc(NC2CCC[C@H]3CCCC[C@]23O)cc1. The summed E-state index contributed by atoms with van der Waals surface area (Å²) in [6.07, 6.45) is 7.89. The Bertz CT molecular complexity index is 503. The fourth-order valence-electron chi connectivity index (χ4n) is 3.96. The highest BCUT2D eigenvalue weighted by Gasteiger charge is 2.47. The summed E-state index contributed by atoms with van der Waals surface area (Å²) >= 11 is 0. The molecule has 0 heterocycles. The topological polar surface area (TPSA) is 56.0 Å². The van der Waals surface area contributed by atoms with Crippen molar-refractivity contribution in [2.24, 2.45) is 5.92 Å². The Kier molecular flexibility index (Phi) is 3.67. The highest BCUT2D eigenvalue weighted by Crippen LogP contribution is 2.44. The molecule has 2 saturated carbocycles. The predicted octanol–water partition coefficient (Wildman–Crippen LogP) is 3.44. The summed E-state index contributed by atoms with van der Waals surface area (Å²) in [5, 5.41) is 23.4. The minimum absolute atomic E-state index is 0.148. The molecular weight excluding hydrogens is 248 g/mol. The van der Waals surface area contributed by atoms with Crippen LogP contribution in [0.4, 0.5) is 5.69 Å². The number of nitrogens with one attached hydrogen (secondary N) is 1. The van der Waals surface area contributed by atoms with Crippen LogP contribution in [0.1, 0.15) is 50.5 Å². The fourth-order valence-corrected chi connectivity index (χ4v) is 3.96. The minimum atomic E-state index is -0.537. The van der Waals surface area contributed by atoms with Gasteiger partial charge in [0.15, 0.2) is 0 Å². The molecule has 2 aliphatic rings. The molecule has 0 amide bonds. The van der Waals surface area contributed by atoms with Gasteiger partial charge in [0, 0.05) is 5.69 Å². The second-order valence-corrected chi connectivity index (χ2v) is 6.25. The zero-order valence-corrected chi connectivity index (χ0v) is 11.8. The van der Waals surface area contributed by atoms with Gasteiger partial charge >= 0.3 is 0 Å². The van der Waals surface area contributed by atoms with Crippen LogP contribution in [0.5, 0.6) is 0 Å². The highest BCUT2D eigenvalue weighted by molar-refractivity contribution is 5.48. The van der Waals surface area contributed by atoms with Gasteiger partial charge < -0.3 is 10.4 Å². The Hall–Kier alpha value is -1.53. The molecular formula is C17H22N2O. The summed E-state index contributed by atoms with van der Waals surface area (Å²) in [5.74, 6) is 0.459. The van der Waals surface area contributed by atoms with Crippen molar-refractivity contribution < 1.29 is 5.11 Å². The van der Waals surface area contributed by atoms with Gasteiger partial charge in [-0.1, -0.05) is 19.3 Å². The zero-order valence-electron chi connectivity index (χ0n) is 11.8. The maximum Gasteiger partial charge on any atom is 0.0991 e. The van der Waals surface area contributed by atoms with Crippen molar-refractivity contribution in [3.63, 3.8) is 0 Å². The third kappa shape index (κ3) is 2.41. The van der Waals surface area contributed by atoms with Crippen LogP contribution >= 0.6 is 0 Å². The molecule has 1 unspecified atom stereocenters. The zero-order chi connectivity index (χ0) is 14.0. The Labute approximate surface area is 120 Å². The van der Waals surface area contributed by atoms with Crippen LogP contribution in [0.2, 0.25) is 0 Å². The van der Waals surface area contributed by atoms with Crippen LogP contribution in [0, 0.1) is 17.2 Å². The van der Waals surface area contributed by atoms with Gasteiger partial charge in [-0.3, -0.25) is 0 Å². The van der Waals surface area contributed by atoms with E-state index in [4.69, 9.17) is 5.26 Å². The Morgan fingerprint density at radius 2 is 1.85 bits per heavy atom. The van der Waals surface area contributed by atoms with Crippen molar-refractivity contribution in [3.05, 3.63) is 29.8 Å². The molecule has 3 nitrogen and oxygen atoms in total. The molecule has 2 aliphatic carbocycles. The van der Waals surface area contributed by atoms with Crippen molar-refractivity contribution in [1.82, 2.24) is 0 Å². The van der Waals surface area contributed by atoms with Crippen molar-refractivity contribution in [2.75, 3.05) is 5.32 Å². The normalized spacial score (nSPS) is 33.0. The molecule has 0 radical (unpaired) electrons. The fraction of sp³-hybridized carbons (Fsp3) is 0.588. The Morgan fingerprint density at radius 1 is 1.10 bits per heavy atom. The molecule has 3 atom stereocenters. The van der Waals surface area contributed by atoms with E-state index in [0.717, 1.165) is 24.9 Å². The van der Waals surface area contributed by atoms with E-state index in [1.165, 1.54) is 25.7 Å². The summed E-state index contributed by atoms with van der Waals surface area (Å²) in [7, 11) is 0. The number of nitrogens with zero attached hydrogens (tertiary/aromatic N) is 1. The molecule has 2 N–H and O–H groups in total. The summed E-state index contributed by atoms with van der Waals surface area (Å²) < 4.78 is 0. The third-order valence-corrected chi connectivity index (χ3v) is 5.09. The van der Waals surface area contributed by atoms with Gasteiger partial charge in [0.2, 0.25) is 0 Å². The number of anilines is 1. The molecule has 0 saturated heterocycles. The van der Waals surface area contributed by atoms with E-state index in [1.807, 2.05) is 24.3 Å². The van der Waals surface area contributed by atoms with E-state index in [9.17, 15) is 5.11 Å². The van der Waals surface area contributed by atoms with Gasteiger partial charge in [0.05, 0.1) is 23.3 Å². The maximum atomic E-state index is 11.1. The molecule has 1 aromatic carbocycles. The highest BCUT2D eigenvalue weighted by atomic mass is 16.3. The first-order valence-electron chi connectivity index (χ1n) is 7.71. The molecule has 0 bridgehead atoms. The van der Waals surface area contributed by atoms with E-state index in [1.54, 1.807) is 0 Å². The largest absolute Gasteiger partial charge is 0.387 e. The average Bonchev–Trinajstić information content (AvgIpc) is 2.49. The molecule has 0 aromatic heterocycles. The Morgan fingerprint density at radius 3 is 2.60 bits per heavy atom. The number of hydrogen-bond acceptors (Lipinski definition) is 3. The first kappa shape index (κ1) is 13.5.